The number of hydrogen-bond acceptors (Lipinski definition) is 2. The fourth-order valence-electron chi connectivity index (χ4n) is 2.08. The first-order valence-electron chi connectivity index (χ1n) is 5.22. The van der Waals surface area contributed by atoms with Gasteiger partial charge in [-0.05, 0) is 30.8 Å². The van der Waals surface area contributed by atoms with Gasteiger partial charge in [0.25, 0.3) is 0 Å². The first-order valence-corrected chi connectivity index (χ1v) is 5.22. The lowest BCUT2D eigenvalue weighted by atomic mass is 9.74. The van der Waals surface area contributed by atoms with Crippen LogP contribution in [-0.4, -0.2) is 19.6 Å². The molecular weight excluding hydrogens is 160 g/mol. The second-order valence-electron chi connectivity index (χ2n) is 5.28. The van der Waals surface area contributed by atoms with Gasteiger partial charge in [0.15, 0.2) is 0 Å². The molecule has 0 radical (unpaired) electrons. The molecule has 2 nitrogen and oxygen atoms in total. The summed E-state index contributed by atoms with van der Waals surface area (Å²) in [7, 11) is 2.03. The average Bonchev–Trinajstić information content (AvgIpc) is 1.96. The zero-order valence-electron chi connectivity index (χ0n) is 10.0. The van der Waals surface area contributed by atoms with Crippen LogP contribution in [0.25, 0.3) is 0 Å². The van der Waals surface area contributed by atoms with E-state index in [1.54, 1.807) is 0 Å². The second kappa shape index (κ2) is 4.97. The molecule has 0 aliphatic heterocycles. The zero-order valence-corrected chi connectivity index (χ0v) is 10.0. The molecule has 2 atom stereocenters. The van der Waals surface area contributed by atoms with Crippen LogP contribution >= 0.6 is 0 Å². The van der Waals surface area contributed by atoms with Crippen LogP contribution in [0.15, 0.2) is 0 Å². The van der Waals surface area contributed by atoms with Crippen LogP contribution in [0.4, 0.5) is 0 Å². The van der Waals surface area contributed by atoms with Crippen molar-refractivity contribution in [1.29, 1.82) is 0 Å². The minimum Gasteiger partial charge on any atom is -0.330 e. The lowest BCUT2D eigenvalue weighted by molar-refractivity contribution is 0.169. The van der Waals surface area contributed by atoms with Crippen molar-refractivity contribution in [1.82, 2.24) is 5.32 Å². The van der Waals surface area contributed by atoms with Gasteiger partial charge in [-0.3, -0.25) is 0 Å². The van der Waals surface area contributed by atoms with Crippen molar-refractivity contribution < 1.29 is 0 Å². The van der Waals surface area contributed by atoms with Gasteiger partial charge < -0.3 is 11.1 Å². The van der Waals surface area contributed by atoms with Crippen molar-refractivity contribution in [2.45, 2.75) is 40.7 Å². The molecule has 3 N–H and O–H groups in total. The molecule has 0 aliphatic carbocycles. The van der Waals surface area contributed by atoms with Crippen LogP contribution in [0, 0.1) is 17.3 Å². The zero-order chi connectivity index (χ0) is 10.6. The van der Waals surface area contributed by atoms with E-state index >= 15 is 0 Å². The van der Waals surface area contributed by atoms with Gasteiger partial charge >= 0.3 is 0 Å². The van der Waals surface area contributed by atoms with E-state index in [9.17, 15) is 0 Å². The molecular formula is C11H26N2. The largest absolute Gasteiger partial charge is 0.330 e. The van der Waals surface area contributed by atoms with E-state index in [-0.39, 0.29) is 5.41 Å². The van der Waals surface area contributed by atoms with E-state index in [0.29, 0.717) is 17.9 Å². The predicted octanol–water partition coefficient (Wildman–Crippen LogP) is 1.85. The van der Waals surface area contributed by atoms with Crippen molar-refractivity contribution in [3.63, 3.8) is 0 Å². The third-order valence-corrected chi connectivity index (χ3v) is 2.80. The van der Waals surface area contributed by atoms with Crippen molar-refractivity contribution in [2.24, 2.45) is 23.0 Å². The standard InChI is InChI=1S/C11H26N2/c1-8(2)9(7-12)10(13-6)11(3,4)5/h8-10,13H,7,12H2,1-6H3. The molecule has 0 rings (SSSR count). The number of nitrogens with one attached hydrogen (secondary N) is 1. The molecule has 0 amide bonds. The quantitative estimate of drug-likeness (QED) is 0.703. The Bertz CT molecular complexity index is 136. The van der Waals surface area contributed by atoms with Crippen LogP contribution in [0.1, 0.15) is 34.6 Å². The number of rotatable bonds is 4. The van der Waals surface area contributed by atoms with Crippen molar-refractivity contribution >= 4 is 0 Å². The highest BCUT2D eigenvalue weighted by atomic mass is 14.9. The SMILES string of the molecule is CNC(C(CN)C(C)C)C(C)(C)C. The molecule has 0 fully saturated rings. The summed E-state index contributed by atoms with van der Waals surface area (Å²) in [5.41, 5.74) is 6.09. The monoisotopic (exact) mass is 186 g/mol. The van der Waals surface area contributed by atoms with Gasteiger partial charge in [0, 0.05) is 6.04 Å². The van der Waals surface area contributed by atoms with Gasteiger partial charge in [-0.1, -0.05) is 34.6 Å². The van der Waals surface area contributed by atoms with Gasteiger partial charge in [0.05, 0.1) is 0 Å². The van der Waals surface area contributed by atoms with Gasteiger partial charge in [0.2, 0.25) is 0 Å². The number of nitrogens with two attached hydrogens (primary N) is 1. The summed E-state index contributed by atoms with van der Waals surface area (Å²) in [5, 5.41) is 3.39. The van der Waals surface area contributed by atoms with E-state index in [4.69, 9.17) is 5.73 Å². The van der Waals surface area contributed by atoms with Crippen LogP contribution in [0.3, 0.4) is 0 Å². The van der Waals surface area contributed by atoms with Crippen molar-refractivity contribution in [2.75, 3.05) is 13.6 Å². The molecule has 80 valence electrons. The summed E-state index contributed by atoms with van der Waals surface area (Å²) in [6.07, 6.45) is 0. The van der Waals surface area contributed by atoms with Gasteiger partial charge in [-0.25, -0.2) is 0 Å². The molecule has 0 aromatic heterocycles. The Morgan fingerprint density at radius 2 is 1.69 bits per heavy atom. The lowest BCUT2D eigenvalue weighted by Crippen LogP contribution is -2.48. The summed E-state index contributed by atoms with van der Waals surface area (Å²) >= 11 is 0. The van der Waals surface area contributed by atoms with E-state index in [0.717, 1.165) is 6.54 Å². The highest BCUT2D eigenvalue weighted by molar-refractivity contribution is 4.87. The average molecular weight is 186 g/mol. The highest BCUT2D eigenvalue weighted by Crippen LogP contribution is 2.28. The van der Waals surface area contributed by atoms with E-state index in [1.165, 1.54) is 0 Å². The highest BCUT2D eigenvalue weighted by Gasteiger charge is 2.31. The van der Waals surface area contributed by atoms with Crippen LogP contribution in [0.2, 0.25) is 0 Å². The summed E-state index contributed by atoms with van der Waals surface area (Å²) in [6.45, 7) is 12.0. The third kappa shape index (κ3) is 3.65. The van der Waals surface area contributed by atoms with Crippen molar-refractivity contribution in [3.8, 4) is 0 Å². The molecule has 13 heavy (non-hydrogen) atoms. The Morgan fingerprint density at radius 3 is 1.77 bits per heavy atom. The summed E-state index contributed by atoms with van der Waals surface area (Å²) < 4.78 is 0. The smallest absolute Gasteiger partial charge is 0.0155 e. The topological polar surface area (TPSA) is 38.0 Å². The molecule has 0 spiro atoms. The number of hydrogen-bond donors (Lipinski definition) is 2. The van der Waals surface area contributed by atoms with Gasteiger partial charge in [0.1, 0.15) is 0 Å². The fourth-order valence-corrected chi connectivity index (χ4v) is 2.08. The lowest BCUT2D eigenvalue weighted by Gasteiger charge is -2.38. The Morgan fingerprint density at radius 1 is 1.23 bits per heavy atom. The van der Waals surface area contributed by atoms with Crippen LogP contribution in [0.5, 0.6) is 0 Å². The van der Waals surface area contributed by atoms with Crippen LogP contribution in [-0.2, 0) is 0 Å². The molecule has 0 aromatic rings. The first-order chi connectivity index (χ1) is 5.84. The molecule has 0 heterocycles. The molecule has 0 aliphatic rings. The third-order valence-electron chi connectivity index (χ3n) is 2.80. The fraction of sp³-hybridized carbons (Fsp3) is 1.00. The maximum atomic E-state index is 5.81. The second-order valence-corrected chi connectivity index (χ2v) is 5.28. The Hall–Kier alpha value is -0.0800. The van der Waals surface area contributed by atoms with Crippen LogP contribution < -0.4 is 11.1 Å². The van der Waals surface area contributed by atoms with E-state index in [2.05, 4.69) is 39.9 Å². The summed E-state index contributed by atoms with van der Waals surface area (Å²) in [6, 6.07) is 0.498. The minimum atomic E-state index is 0.281. The Kier molecular flexibility index (Phi) is 4.93. The molecule has 2 heteroatoms. The van der Waals surface area contributed by atoms with E-state index in [1.807, 2.05) is 7.05 Å². The molecule has 0 saturated carbocycles. The summed E-state index contributed by atoms with van der Waals surface area (Å²) in [5.74, 6) is 1.20. The first kappa shape index (κ1) is 12.9. The molecule has 0 saturated heterocycles. The summed E-state index contributed by atoms with van der Waals surface area (Å²) in [4.78, 5) is 0. The molecule has 2 unspecified atom stereocenters. The maximum Gasteiger partial charge on any atom is 0.0155 e. The predicted molar refractivity (Wildman–Crippen MR) is 59.7 cm³/mol. The van der Waals surface area contributed by atoms with E-state index < -0.39 is 0 Å². The van der Waals surface area contributed by atoms with Crippen molar-refractivity contribution in [3.05, 3.63) is 0 Å². The Labute approximate surface area is 83.3 Å². The maximum absolute atomic E-state index is 5.81. The van der Waals surface area contributed by atoms with Gasteiger partial charge in [-0.15, -0.1) is 0 Å². The Balaban J connectivity index is 4.53. The van der Waals surface area contributed by atoms with Gasteiger partial charge in [-0.2, -0.15) is 0 Å². The molecule has 0 aromatic carbocycles. The minimum absolute atomic E-state index is 0.281. The normalized spacial score (nSPS) is 17.5. The molecule has 0 bridgehead atoms.